The van der Waals surface area contributed by atoms with E-state index in [0.717, 1.165) is 11.3 Å². The van der Waals surface area contributed by atoms with Crippen LogP contribution in [0.3, 0.4) is 0 Å². The summed E-state index contributed by atoms with van der Waals surface area (Å²) in [5.74, 6) is -1.02. The number of ether oxygens (including phenoxy) is 3. The minimum atomic E-state index is -1.40. The van der Waals surface area contributed by atoms with Gasteiger partial charge in [-0.3, -0.25) is 9.36 Å². The smallest absolute Gasteiger partial charge is 0.345 e. The SMILES string of the molecule is CCC1(c2ccc(OC)cc2)C(C(=O)[O-])=C(C)N=c2sc(=Cc3ccc(OC(=O)c4ccccc4Cl)c(OC)c3)c(=O)n21. The molecule has 11 heteroatoms. The van der Waals surface area contributed by atoms with Gasteiger partial charge >= 0.3 is 5.97 Å². The topological polar surface area (TPSA) is 119 Å². The van der Waals surface area contributed by atoms with Crippen LogP contribution in [0.1, 0.15) is 41.8 Å². The third-order valence-electron chi connectivity index (χ3n) is 7.29. The van der Waals surface area contributed by atoms with Crippen LogP contribution in [0.25, 0.3) is 6.08 Å². The van der Waals surface area contributed by atoms with Gasteiger partial charge in [0.2, 0.25) is 0 Å². The molecule has 0 spiro atoms. The van der Waals surface area contributed by atoms with Crippen LogP contribution in [-0.2, 0) is 10.3 Å². The average Bonchev–Trinajstić information content (AvgIpc) is 3.31. The van der Waals surface area contributed by atoms with Crippen LogP contribution in [0.4, 0.5) is 0 Å². The monoisotopic (exact) mass is 617 g/mol. The molecule has 3 aromatic carbocycles. The van der Waals surface area contributed by atoms with Crippen molar-refractivity contribution >= 4 is 41.0 Å². The normalized spacial score (nSPS) is 16.3. The van der Waals surface area contributed by atoms with Crippen molar-refractivity contribution in [2.45, 2.75) is 25.8 Å². The summed E-state index contributed by atoms with van der Waals surface area (Å²) in [4.78, 5) is 44.1. The van der Waals surface area contributed by atoms with Gasteiger partial charge in [0.1, 0.15) is 11.3 Å². The van der Waals surface area contributed by atoms with Gasteiger partial charge < -0.3 is 24.1 Å². The van der Waals surface area contributed by atoms with Crippen molar-refractivity contribution in [2.75, 3.05) is 14.2 Å². The minimum Gasteiger partial charge on any atom is -0.545 e. The molecule has 2 heterocycles. The van der Waals surface area contributed by atoms with E-state index in [2.05, 4.69) is 4.99 Å². The lowest BCUT2D eigenvalue weighted by Gasteiger charge is -2.39. The lowest BCUT2D eigenvalue weighted by atomic mass is 9.78. The quantitative estimate of drug-likeness (QED) is 0.219. The predicted octanol–water partition coefficient (Wildman–Crippen LogP) is 3.44. The fourth-order valence-electron chi connectivity index (χ4n) is 5.28. The van der Waals surface area contributed by atoms with Gasteiger partial charge in [-0.1, -0.05) is 60.2 Å². The maximum Gasteiger partial charge on any atom is 0.345 e. The van der Waals surface area contributed by atoms with Crippen molar-refractivity contribution in [3.05, 3.63) is 119 Å². The molecule has 0 saturated carbocycles. The van der Waals surface area contributed by atoms with Crippen molar-refractivity contribution in [3.63, 3.8) is 0 Å². The highest BCUT2D eigenvalue weighted by molar-refractivity contribution is 7.07. The fraction of sp³-hybridized carbons (Fsp3) is 0.188. The largest absolute Gasteiger partial charge is 0.545 e. The zero-order valence-electron chi connectivity index (χ0n) is 23.7. The Labute approximate surface area is 255 Å². The first-order chi connectivity index (χ1) is 20.6. The van der Waals surface area contributed by atoms with Crippen LogP contribution in [-0.4, -0.2) is 30.7 Å². The molecular formula is C32H26ClN2O7S-. The highest BCUT2D eigenvalue weighted by Gasteiger charge is 2.43. The molecule has 5 rings (SSSR count). The number of benzene rings is 3. The van der Waals surface area contributed by atoms with Gasteiger partial charge in [0.15, 0.2) is 16.3 Å². The maximum absolute atomic E-state index is 14.0. The predicted molar refractivity (Wildman–Crippen MR) is 160 cm³/mol. The molecule has 0 amide bonds. The van der Waals surface area contributed by atoms with Gasteiger partial charge in [0.05, 0.1) is 35.3 Å². The Bertz CT molecular complexity index is 1960. The first-order valence-corrected chi connectivity index (χ1v) is 14.4. The first kappa shape index (κ1) is 29.8. The number of aromatic nitrogens is 1. The van der Waals surface area contributed by atoms with E-state index in [9.17, 15) is 19.5 Å². The second-order valence-corrected chi connectivity index (χ2v) is 11.0. The number of carbonyl (C=O) groups is 2. The summed E-state index contributed by atoms with van der Waals surface area (Å²) in [5, 5.41) is 12.8. The maximum atomic E-state index is 14.0. The number of fused-ring (bicyclic) bond motifs is 1. The number of aliphatic carboxylic acids is 1. The van der Waals surface area contributed by atoms with Crippen molar-refractivity contribution < 1.29 is 28.9 Å². The Morgan fingerprint density at radius 2 is 1.77 bits per heavy atom. The lowest BCUT2D eigenvalue weighted by Crippen LogP contribution is -2.54. The summed E-state index contributed by atoms with van der Waals surface area (Å²) in [6.45, 7) is 3.42. The van der Waals surface area contributed by atoms with Gasteiger partial charge in [-0.25, -0.2) is 9.79 Å². The Balaban J connectivity index is 1.62. The molecule has 0 fully saturated rings. The van der Waals surface area contributed by atoms with Gasteiger partial charge in [-0.2, -0.15) is 0 Å². The Morgan fingerprint density at radius 3 is 2.40 bits per heavy atom. The third-order valence-corrected chi connectivity index (χ3v) is 8.59. The standard InChI is InChI=1S/C32H27ClN2O7S/c1-5-32(20-11-13-21(40-3)14-12-20)27(29(37)38)18(2)34-31-35(32)28(36)26(43-31)17-19-10-15-24(25(16-19)41-4)42-30(39)22-8-6-7-9-23(22)33/h6-17H,5H2,1-4H3,(H,37,38)/p-1. The van der Waals surface area contributed by atoms with Crippen LogP contribution in [0, 0.1) is 0 Å². The lowest BCUT2D eigenvalue weighted by molar-refractivity contribution is -0.300. The summed E-state index contributed by atoms with van der Waals surface area (Å²) in [5.41, 5.74) is -0.215. The van der Waals surface area contributed by atoms with Crippen molar-refractivity contribution in [2.24, 2.45) is 4.99 Å². The molecule has 1 unspecified atom stereocenters. The molecule has 1 aromatic heterocycles. The number of thiazole rings is 1. The number of allylic oxidation sites excluding steroid dienone is 1. The number of methoxy groups -OCH3 is 2. The summed E-state index contributed by atoms with van der Waals surface area (Å²) in [7, 11) is 2.97. The second kappa shape index (κ2) is 11.9. The highest BCUT2D eigenvalue weighted by atomic mass is 35.5. The molecule has 220 valence electrons. The second-order valence-electron chi connectivity index (χ2n) is 9.62. The van der Waals surface area contributed by atoms with Gasteiger partial charge in [-0.15, -0.1) is 0 Å². The van der Waals surface area contributed by atoms with E-state index in [1.54, 1.807) is 79.7 Å². The Hall–Kier alpha value is -4.67. The van der Waals surface area contributed by atoms with Crippen LogP contribution in [0.2, 0.25) is 5.02 Å². The molecule has 0 aliphatic carbocycles. The van der Waals surface area contributed by atoms with E-state index in [0.29, 0.717) is 26.2 Å². The van der Waals surface area contributed by atoms with Crippen LogP contribution < -0.4 is 34.2 Å². The number of halogens is 1. The summed E-state index contributed by atoms with van der Waals surface area (Å²) >= 11 is 7.27. The molecule has 43 heavy (non-hydrogen) atoms. The number of carboxylic acid groups (broad SMARTS) is 1. The molecule has 0 N–H and O–H groups in total. The van der Waals surface area contributed by atoms with E-state index >= 15 is 0 Å². The first-order valence-electron chi connectivity index (χ1n) is 13.2. The summed E-state index contributed by atoms with van der Waals surface area (Å²) in [6.07, 6.45) is 1.90. The molecule has 1 atom stereocenters. The van der Waals surface area contributed by atoms with Crippen LogP contribution in [0.15, 0.2) is 87.8 Å². The van der Waals surface area contributed by atoms with E-state index in [4.69, 9.17) is 25.8 Å². The molecule has 4 aromatic rings. The molecule has 0 radical (unpaired) electrons. The number of hydrogen-bond acceptors (Lipinski definition) is 9. The molecule has 1 aliphatic heterocycles. The van der Waals surface area contributed by atoms with E-state index in [1.807, 2.05) is 6.92 Å². The van der Waals surface area contributed by atoms with E-state index < -0.39 is 23.0 Å². The van der Waals surface area contributed by atoms with Crippen LogP contribution >= 0.6 is 22.9 Å². The number of esters is 1. The van der Waals surface area contributed by atoms with Gasteiger partial charge in [-0.05, 0) is 66.9 Å². The highest BCUT2D eigenvalue weighted by Crippen LogP contribution is 2.39. The molecule has 9 nitrogen and oxygen atoms in total. The molecule has 0 bridgehead atoms. The number of carboxylic acids is 1. The van der Waals surface area contributed by atoms with E-state index in [1.165, 1.54) is 18.8 Å². The van der Waals surface area contributed by atoms with Crippen molar-refractivity contribution in [1.82, 2.24) is 4.57 Å². The zero-order chi connectivity index (χ0) is 30.9. The molecular weight excluding hydrogens is 592 g/mol. The number of rotatable bonds is 8. The van der Waals surface area contributed by atoms with Gasteiger partial charge in [0, 0.05) is 11.3 Å². The number of carbonyl (C=O) groups excluding carboxylic acids is 2. The Kier molecular flexibility index (Phi) is 8.25. The summed E-state index contributed by atoms with van der Waals surface area (Å²) in [6, 6.07) is 18.3. The van der Waals surface area contributed by atoms with E-state index in [-0.39, 0.29) is 39.8 Å². The van der Waals surface area contributed by atoms with Crippen LogP contribution in [0.5, 0.6) is 17.2 Å². The fourth-order valence-corrected chi connectivity index (χ4v) is 6.58. The Morgan fingerprint density at radius 1 is 1.05 bits per heavy atom. The van der Waals surface area contributed by atoms with Crippen molar-refractivity contribution in [3.8, 4) is 17.2 Å². The third kappa shape index (κ3) is 5.24. The molecule has 0 saturated heterocycles. The average molecular weight is 618 g/mol. The zero-order valence-corrected chi connectivity index (χ0v) is 25.2. The molecule has 1 aliphatic rings. The minimum absolute atomic E-state index is 0.0783. The van der Waals surface area contributed by atoms with Gasteiger partial charge in [0.25, 0.3) is 5.56 Å². The van der Waals surface area contributed by atoms with Crippen molar-refractivity contribution in [1.29, 1.82) is 0 Å². The number of nitrogens with zero attached hydrogens (tertiary/aromatic N) is 2. The number of hydrogen-bond donors (Lipinski definition) is 0. The summed E-state index contributed by atoms with van der Waals surface area (Å²) < 4.78 is 18.0.